The standard InChI is InChI=1S/C16H19N3O3S2/c1-2-22-13(21)7-17-12(20)8-23-15-14-10-5-3-4-6-11(10)24-16(14)19-9-18-15/h9H,2-8H2,1H3,(H,17,20). The lowest BCUT2D eigenvalue weighted by Gasteiger charge is -2.11. The van der Waals surface area contributed by atoms with Crippen LogP contribution in [-0.2, 0) is 27.2 Å². The Balaban J connectivity index is 1.66. The highest BCUT2D eigenvalue weighted by atomic mass is 32.2. The van der Waals surface area contributed by atoms with Crippen molar-refractivity contribution in [3.63, 3.8) is 0 Å². The zero-order valence-electron chi connectivity index (χ0n) is 13.5. The predicted octanol–water partition coefficient (Wildman–Crippen LogP) is 2.34. The maximum atomic E-state index is 11.9. The normalized spacial score (nSPS) is 13.5. The fraction of sp³-hybridized carbons (Fsp3) is 0.500. The first-order valence-corrected chi connectivity index (χ1v) is 9.79. The molecule has 0 bridgehead atoms. The molecule has 128 valence electrons. The smallest absolute Gasteiger partial charge is 0.325 e. The summed E-state index contributed by atoms with van der Waals surface area (Å²) < 4.78 is 4.78. The highest BCUT2D eigenvalue weighted by Gasteiger charge is 2.20. The molecule has 24 heavy (non-hydrogen) atoms. The Morgan fingerprint density at radius 2 is 2.17 bits per heavy atom. The van der Waals surface area contributed by atoms with E-state index in [1.165, 1.54) is 35.0 Å². The molecule has 2 heterocycles. The number of aryl methyl sites for hydroxylation is 2. The zero-order valence-corrected chi connectivity index (χ0v) is 15.1. The quantitative estimate of drug-likeness (QED) is 0.481. The highest BCUT2D eigenvalue weighted by molar-refractivity contribution is 8.00. The molecule has 0 spiro atoms. The van der Waals surface area contributed by atoms with Gasteiger partial charge in [-0.05, 0) is 38.2 Å². The van der Waals surface area contributed by atoms with E-state index < -0.39 is 5.97 Å². The molecule has 2 aromatic rings. The molecule has 0 atom stereocenters. The molecule has 8 heteroatoms. The molecule has 3 rings (SSSR count). The summed E-state index contributed by atoms with van der Waals surface area (Å²) in [4.78, 5) is 34.3. The number of esters is 1. The maximum absolute atomic E-state index is 11.9. The second-order valence-corrected chi connectivity index (χ2v) is 7.49. The van der Waals surface area contributed by atoms with Gasteiger partial charge in [-0.25, -0.2) is 9.97 Å². The molecular weight excluding hydrogens is 346 g/mol. The van der Waals surface area contributed by atoms with E-state index in [0.29, 0.717) is 6.61 Å². The van der Waals surface area contributed by atoms with Crippen LogP contribution in [0.4, 0.5) is 0 Å². The molecular formula is C16H19N3O3S2. The van der Waals surface area contributed by atoms with Gasteiger partial charge in [0, 0.05) is 10.3 Å². The van der Waals surface area contributed by atoms with Crippen LogP contribution in [0.5, 0.6) is 0 Å². The first-order chi connectivity index (χ1) is 11.7. The molecule has 1 N–H and O–H groups in total. The number of hydrogen-bond acceptors (Lipinski definition) is 7. The van der Waals surface area contributed by atoms with Crippen LogP contribution in [0.25, 0.3) is 10.2 Å². The van der Waals surface area contributed by atoms with E-state index in [-0.39, 0.29) is 18.2 Å². The summed E-state index contributed by atoms with van der Waals surface area (Å²) in [6.45, 7) is 1.95. The number of hydrogen-bond donors (Lipinski definition) is 1. The van der Waals surface area contributed by atoms with Crippen molar-refractivity contribution in [3.05, 3.63) is 16.8 Å². The van der Waals surface area contributed by atoms with Gasteiger partial charge in [0.1, 0.15) is 22.7 Å². The van der Waals surface area contributed by atoms with Gasteiger partial charge in [-0.3, -0.25) is 9.59 Å². The van der Waals surface area contributed by atoms with E-state index in [9.17, 15) is 9.59 Å². The van der Waals surface area contributed by atoms with E-state index in [2.05, 4.69) is 15.3 Å². The van der Waals surface area contributed by atoms with Crippen LogP contribution in [0.3, 0.4) is 0 Å². The van der Waals surface area contributed by atoms with Crippen molar-refractivity contribution in [2.75, 3.05) is 18.9 Å². The number of thioether (sulfide) groups is 1. The summed E-state index contributed by atoms with van der Waals surface area (Å²) in [6, 6.07) is 0. The van der Waals surface area contributed by atoms with Gasteiger partial charge in [0.25, 0.3) is 0 Å². The molecule has 0 unspecified atom stereocenters. The van der Waals surface area contributed by atoms with Crippen LogP contribution in [0.1, 0.15) is 30.2 Å². The largest absolute Gasteiger partial charge is 0.465 e. The molecule has 0 aliphatic heterocycles. The molecule has 1 aliphatic carbocycles. The van der Waals surface area contributed by atoms with Crippen LogP contribution >= 0.6 is 23.1 Å². The third-order valence-electron chi connectivity index (χ3n) is 3.79. The van der Waals surface area contributed by atoms with Gasteiger partial charge in [0.05, 0.1) is 12.4 Å². The molecule has 0 fully saturated rings. The lowest BCUT2D eigenvalue weighted by molar-refractivity contribution is -0.143. The van der Waals surface area contributed by atoms with Crippen molar-refractivity contribution >= 4 is 45.2 Å². The van der Waals surface area contributed by atoms with Crippen molar-refractivity contribution in [2.45, 2.75) is 37.6 Å². The number of aromatic nitrogens is 2. The number of fused-ring (bicyclic) bond motifs is 3. The van der Waals surface area contributed by atoms with Crippen molar-refractivity contribution in [1.29, 1.82) is 0 Å². The minimum Gasteiger partial charge on any atom is -0.465 e. The first kappa shape index (κ1) is 17.2. The Labute approximate surface area is 148 Å². The SMILES string of the molecule is CCOC(=O)CNC(=O)CSc1ncnc2sc3c(c12)CCCC3. The van der Waals surface area contributed by atoms with E-state index in [4.69, 9.17) is 4.74 Å². The van der Waals surface area contributed by atoms with Gasteiger partial charge in [-0.15, -0.1) is 11.3 Å². The minimum absolute atomic E-state index is 0.0970. The lowest BCUT2D eigenvalue weighted by atomic mass is 9.97. The average Bonchev–Trinajstić information content (AvgIpc) is 2.97. The molecule has 6 nitrogen and oxygen atoms in total. The fourth-order valence-electron chi connectivity index (χ4n) is 2.74. The Morgan fingerprint density at radius 1 is 1.33 bits per heavy atom. The molecule has 0 saturated heterocycles. The van der Waals surface area contributed by atoms with Crippen LogP contribution in [0.15, 0.2) is 11.4 Å². The Bertz CT molecular complexity index is 760. The maximum Gasteiger partial charge on any atom is 0.325 e. The number of amides is 1. The fourth-order valence-corrected chi connectivity index (χ4v) is 4.89. The van der Waals surface area contributed by atoms with E-state index >= 15 is 0 Å². The molecule has 1 aliphatic rings. The molecule has 0 radical (unpaired) electrons. The third-order valence-corrected chi connectivity index (χ3v) is 5.98. The second kappa shape index (κ2) is 7.94. The lowest BCUT2D eigenvalue weighted by Crippen LogP contribution is -2.31. The number of thiophene rings is 1. The molecule has 1 amide bonds. The van der Waals surface area contributed by atoms with Crippen LogP contribution in [0.2, 0.25) is 0 Å². The summed E-state index contributed by atoms with van der Waals surface area (Å²) in [5.41, 5.74) is 1.36. The van der Waals surface area contributed by atoms with Gasteiger partial charge in [-0.1, -0.05) is 11.8 Å². The predicted molar refractivity (Wildman–Crippen MR) is 94.4 cm³/mol. The van der Waals surface area contributed by atoms with Gasteiger partial charge in [-0.2, -0.15) is 0 Å². The molecule has 2 aromatic heterocycles. The van der Waals surface area contributed by atoms with E-state index in [0.717, 1.165) is 28.1 Å². The summed E-state index contributed by atoms with van der Waals surface area (Å²) >= 11 is 3.13. The van der Waals surface area contributed by atoms with Crippen molar-refractivity contribution in [2.24, 2.45) is 0 Å². The number of nitrogens with zero attached hydrogens (tertiary/aromatic N) is 2. The molecule has 0 saturated carbocycles. The Morgan fingerprint density at radius 3 is 3.00 bits per heavy atom. The second-order valence-electron chi connectivity index (χ2n) is 5.44. The van der Waals surface area contributed by atoms with Crippen molar-refractivity contribution < 1.29 is 14.3 Å². The van der Waals surface area contributed by atoms with Crippen LogP contribution in [0, 0.1) is 0 Å². The Kier molecular flexibility index (Phi) is 5.68. The number of rotatable bonds is 6. The summed E-state index contributed by atoms with van der Waals surface area (Å²) in [5, 5.41) is 4.53. The van der Waals surface area contributed by atoms with Crippen LogP contribution in [-0.4, -0.2) is 40.7 Å². The topological polar surface area (TPSA) is 81.2 Å². The zero-order chi connectivity index (χ0) is 16.9. The molecule has 0 aromatic carbocycles. The first-order valence-electron chi connectivity index (χ1n) is 7.99. The third kappa shape index (κ3) is 3.87. The van der Waals surface area contributed by atoms with Gasteiger partial charge in [0.2, 0.25) is 5.91 Å². The van der Waals surface area contributed by atoms with Crippen LogP contribution < -0.4 is 5.32 Å². The summed E-state index contributed by atoms with van der Waals surface area (Å²) in [6.07, 6.45) is 6.15. The highest BCUT2D eigenvalue weighted by Crippen LogP contribution is 2.39. The summed E-state index contributed by atoms with van der Waals surface area (Å²) in [5.74, 6) is -0.410. The van der Waals surface area contributed by atoms with Gasteiger partial charge < -0.3 is 10.1 Å². The van der Waals surface area contributed by atoms with Crippen molar-refractivity contribution in [3.8, 4) is 0 Å². The number of carbonyl (C=O) groups is 2. The monoisotopic (exact) mass is 365 g/mol. The number of ether oxygens (including phenoxy) is 1. The number of carbonyl (C=O) groups excluding carboxylic acids is 2. The Hall–Kier alpha value is -1.67. The van der Waals surface area contributed by atoms with Gasteiger partial charge in [0.15, 0.2) is 0 Å². The number of nitrogens with one attached hydrogen (secondary N) is 1. The average molecular weight is 365 g/mol. The van der Waals surface area contributed by atoms with Crippen molar-refractivity contribution in [1.82, 2.24) is 15.3 Å². The van der Waals surface area contributed by atoms with E-state index in [1.807, 2.05) is 0 Å². The van der Waals surface area contributed by atoms with Gasteiger partial charge >= 0.3 is 5.97 Å². The minimum atomic E-state index is -0.424. The summed E-state index contributed by atoms with van der Waals surface area (Å²) in [7, 11) is 0. The van der Waals surface area contributed by atoms with E-state index in [1.54, 1.807) is 24.6 Å².